The van der Waals surface area contributed by atoms with Crippen LogP contribution in [-0.4, -0.2) is 35.6 Å². The number of carbonyl (C=O) groups is 3. The van der Waals surface area contributed by atoms with E-state index in [4.69, 9.17) is 21.1 Å². The maximum absolute atomic E-state index is 13.0. The van der Waals surface area contributed by atoms with Crippen LogP contribution in [0.3, 0.4) is 0 Å². The van der Waals surface area contributed by atoms with Crippen LogP contribution in [0.5, 0.6) is 11.5 Å². The van der Waals surface area contributed by atoms with Gasteiger partial charge in [-0.1, -0.05) is 54.1 Å². The maximum Gasteiger partial charge on any atom is 0.294 e. The van der Waals surface area contributed by atoms with Crippen molar-refractivity contribution in [1.82, 2.24) is 4.90 Å². The average molecular weight is 563 g/mol. The lowest BCUT2D eigenvalue weighted by Gasteiger charge is -2.16. The Labute approximate surface area is 236 Å². The number of aryl methyl sites for hydroxylation is 1. The molecule has 0 unspecified atom stereocenters. The van der Waals surface area contributed by atoms with E-state index in [1.165, 1.54) is 0 Å². The third-order valence-corrected chi connectivity index (χ3v) is 7.21. The minimum absolute atomic E-state index is 0.204. The molecule has 0 saturated carbocycles. The molecule has 1 aliphatic rings. The van der Waals surface area contributed by atoms with Gasteiger partial charge in [0.2, 0.25) is 5.91 Å². The normalized spacial score (nSPS) is 14.0. The zero-order valence-corrected chi connectivity index (χ0v) is 23.1. The number of nitrogens with one attached hydrogen (secondary N) is 1. The van der Waals surface area contributed by atoms with Crippen molar-refractivity contribution in [2.75, 3.05) is 19.0 Å². The van der Waals surface area contributed by atoms with Crippen LogP contribution in [-0.2, 0) is 22.6 Å². The summed E-state index contributed by atoms with van der Waals surface area (Å²) in [5.74, 6) is 0.0235. The molecule has 1 saturated heterocycles. The second kappa shape index (κ2) is 12.7. The Hall–Kier alpha value is -4.01. The lowest BCUT2D eigenvalue weighted by molar-refractivity contribution is -0.127. The first-order chi connectivity index (χ1) is 18.8. The maximum atomic E-state index is 13.0. The first-order valence-electron chi connectivity index (χ1n) is 12.1. The quantitative estimate of drug-likeness (QED) is 0.220. The van der Waals surface area contributed by atoms with Gasteiger partial charge in [0.15, 0.2) is 11.5 Å². The molecule has 0 aliphatic carbocycles. The number of carbonyl (C=O) groups excluding carboxylic acids is 3. The molecule has 3 aromatic rings. The molecule has 1 aliphatic heterocycles. The highest BCUT2D eigenvalue weighted by Gasteiger charge is 2.36. The minimum atomic E-state index is -0.546. The van der Waals surface area contributed by atoms with Crippen molar-refractivity contribution >= 4 is 52.2 Å². The van der Waals surface area contributed by atoms with Crippen LogP contribution in [0.4, 0.5) is 10.5 Å². The molecule has 9 heteroatoms. The number of methoxy groups -OCH3 is 1. The number of hydrogen-bond donors (Lipinski definition) is 1. The Morgan fingerprint density at radius 2 is 1.90 bits per heavy atom. The van der Waals surface area contributed by atoms with Crippen molar-refractivity contribution in [3.8, 4) is 11.5 Å². The lowest BCUT2D eigenvalue weighted by atomic mass is 10.0. The van der Waals surface area contributed by atoms with Gasteiger partial charge in [-0.3, -0.25) is 19.3 Å². The molecule has 200 valence electrons. The van der Waals surface area contributed by atoms with E-state index < -0.39 is 23.6 Å². The van der Waals surface area contributed by atoms with E-state index in [9.17, 15) is 14.4 Å². The summed E-state index contributed by atoms with van der Waals surface area (Å²) in [7, 11) is 1.54. The molecule has 0 atom stereocenters. The van der Waals surface area contributed by atoms with Crippen LogP contribution in [0.1, 0.15) is 22.3 Å². The van der Waals surface area contributed by atoms with Gasteiger partial charge in [0, 0.05) is 16.3 Å². The molecular weight excluding hydrogens is 536 g/mol. The largest absolute Gasteiger partial charge is 0.493 e. The molecule has 0 bridgehead atoms. The van der Waals surface area contributed by atoms with Gasteiger partial charge in [-0.15, -0.1) is 6.58 Å². The molecule has 3 amide bonds. The topological polar surface area (TPSA) is 84.9 Å². The number of halogens is 1. The molecule has 0 spiro atoms. The zero-order chi connectivity index (χ0) is 27.9. The Balaban J connectivity index is 1.52. The van der Waals surface area contributed by atoms with Gasteiger partial charge in [0.1, 0.15) is 13.2 Å². The van der Waals surface area contributed by atoms with E-state index >= 15 is 0 Å². The van der Waals surface area contributed by atoms with Crippen LogP contribution < -0.4 is 14.8 Å². The van der Waals surface area contributed by atoms with Crippen LogP contribution in [0.25, 0.3) is 6.08 Å². The third-order valence-electron chi connectivity index (χ3n) is 5.89. The number of hydrogen-bond acceptors (Lipinski definition) is 6. The van der Waals surface area contributed by atoms with E-state index in [0.29, 0.717) is 40.8 Å². The van der Waals surface area contributed by atoms with Gasteiger partial charge in [-0.05, 0) is 72.1 Å². The Morgan fingerprint density at radius 3 is 2.59 bits per heavy atom. The summed E-state index contributed by atoms with van der Waals surface area (Å²) in [6.07, 6.45) is 3.87. The Morgan fingerprint density at radius 1 is 1.13 bits per heavy atom. The first-order valence-corrected chi connectivity index (χ1v) is 13.3. The highest BCUT2D eigenvalue weighted by Crippen LogP contribution is 2.37. The van der Waals surface area contributed by atoms with E-state index in [-0.39, 0.29) is 4.91 Å². The van der Waals surface area contributed by atoms with Gasteiger partial charge >= 0.3 is 0 Å². The van der Waals surface area contributed by atoms with Crippen molar-refractivity contribution in [3.05, 3.63) is 106 Å². The summed E-state index contributed by atoms with van der Waals surface area (Å²) in [5, 5.41) is 2.65. The van der Waals surface area contributed by atoms with Crippen LogP contribution in [0.2, 0.25) is 5.02 Å². The highest BCUT2D eigenvalue weighted by atomic mass is 35.5. The third kappa shape index (κ3) is 6.90. The number of nitrogens with zero attached hydrogens (tertiary/aromatic N) is 1. The number of imide groups is 1. The number of amides is 3. The molecule has 4 rings (SSSR count). The van der Waals surface area contributed by atoms with Crippen LogP contribution in [0.15, 0.2) is 78.2 Å². The monoisotopic (exact) mass is 562 g/mol. The predicted molar refractivity (Wildman–Crippen MR) is 155 cm³/mol. The number of allylic oxidation sites excluding steroid dienone is 1. The smallest absolute Gasteiger partial charge is 0.294 e. The van der Waals surface area contributed by atoms with Gasteiger partial charge in [0.25, 0.3) is 11.1 Å². The molecule has 1 heterocycles. The fourth-order valence-electron chi connectivity index (χ4n) is 3.92. The van der Waals surface area contributed by atoms with E-state index in [1.807, 2.05) is 43.3 Å². The first kappa shape index (κ1) is 28.0. The van der Waals surface area contributed by atoms with Crippen molar-refractivity contribution < 1.29 is 23.9 Å². The summed E-state index contributed by atoms with van der Waals surface area (Å²) in [6, 6.07) is 18.5. The second-order valence-electron chi connectivity index (χ2n) is 8.76. The Bertz CT molecular complexity index is 1460. The summed E-state index contributed by atoms with van der Waals surface area (Å²) in [5.41, 5.74) is 3.84. The van der Waals surface area contributed by atoms with E-state index in [2.05, 4.69) is 11.9 Å². The summed E-state index contributed by atoms with van der Waals surface area (Å²) < 4.78 is 11.7. The molecule has 0 aromatic heterocycles. The summed E-state index contributed by atoms with van der Waals surface area (Å²) >= 11 is 6.89. The summed E-state index contributed by atoms with van der Waals surface area (Å²) in [4.78, 5) is 39.3. The molecule has 1 fully saturated rings. The van der Waals surface area contributed by atoms with Crippen molar-refractivity contribution in [2.24, 2.45) is 0 Å². The fourth-order valence-corrected chi connectivity index (χ4v) is 4.94. The van der Waals surface area contributed by atoms with Crippen LogP contribution >= 0.6 is 23.4 Å². The van der Waals surface area contributed by atoms with Crippen molar-refractivity contribution in [3.63, 3.8) is 0 Å². The van der Waals surface area contributed by atoms with Crippen molar-refractivity contribution in [2.45, 2.75) is 20.0 Å². The number of thioether (sulfide) groups is 1. The minimum Gasteiger partial charge on any atom is -0.493 e. The zero-order valence-electron chi connectivity index (χ0n) is 21.5. The number of benzene rings is 3. The molecular formula is C30H27ClN2O5S. The van der Waals surface area contributed by atoms with E-state index in [1.54, 1.807) is 43.5 Å². The van der Waals surface area contributed by atoms with Gasteiger partial charge < -0.3 is 14.8 Å². The fraction of sp³-hybridized carbons (Fsp3) is 0.167. The highest BCUT2D eigenvalue weighted by molar-refractivity contribution is 8.18. The van der Waals surface area contributed by atoms with Crippen LogP contribution in [0, 0.1) is 6.92 Å². The SMILES string of the molecule is C=CCc1cc(/C=C2\SC(=O)N(CC(=O)Nc3ccc(C)c(Cl)c3)C2=O)cc(OC)c1OCc1ccccc1. The molecule has 1 N–H and O–H groups in total. The lowest BCUT2D eigenvalue weighted by Crippen LogP contribution is -2.36. The number of anilines is 1. The van der Waals surface area contributed by atoms with Gasteiger partial charge in [0.05, 0.1) is 12.0 Å². The molecule has 7 nitrogen and oxygen atoms in total. The molecule has 0 radical (unpaired) electrons. The van der Waals surface area contributed by atoms with Crippen molar-refractivity contribution in [1.29, 1.82) is 0 Å². The Kier molecular flexibility index (Phi) is 9.11. The van der Waals surface area contributed by atoms with Gasteiger partial charge in [-0.2, -0.15) is 0 Å². The standard InChI is InChI=1S/C30H27ClN2O5S/c1-4-8-22-13-21(14-25(37-3)28(22)38-18-20-9-6-5-7-10-20)15-26-29(35)33(30(36)39-26)17-27(34)32-23-12-11-19(2)24(31)16-23/h4-7,9-16H,1,8,17-18H2,2-3H3,(H,32,34)/b26-15-. The summed E-state index contributed by atoms with van der Waals surface area (Å²) in [6.45, 7) is 5.63. The second-order valence-corrected chi connectivity index (χ2v) is 10.2. The van der Waals surface area contributed by atoms with E-state index in [0.717, 1.165) is 33.4 Å². The number of ether oxygens (including phenoxy) is 2. The predicted octanol–water partition coefficient (Wildman–Crippen LogP) is 6.64. The molecule has 3 aromatic carbocycles. The average Bonchev–Trinajstić information content (AvgIpc) is 3.17. The number of rotatable bonds is 10. The molecule has 39 heavy (non-hydrogen) atoms. The van der Waals surface area contributed by atoms with Gasteiger partial charge in [-0.25, -0.2) is 0 Å².